The summed E-state index contributed by atoms with van der Waals surface area (Å²) in [6, 6.07) is 0. The van der Waals surface area contributed by atoms with Gasteiger partial charge >= 0.3 is 0 Å². The van der Waals surface area contributed by atoms with Crippen LogP contribution in [0.25, 0.3) is 5.95 Å². The molecule has 0 unspecified atom stereocenters. The van der Waals surface area contributed by atoms with Gasteiger partial charge in [-0.2, -0.15) is 5.10 Å². The quantitative estimate of drug-likeness (QED) is 0.832. The fourth-order valence-corrected chi connectivity index (χ4v) is 1.35. The average Bonchev–Trinajstić information content (AvgIpc) is 2.74. The number of rotatable bonds is 4. The lowest BCUT2D eigenvalue weighted by Gasteiger charge is -2.02. The molecule has 5 heteroatoms. The smallest absolute Gasteiger partial charge is 0.250 e. The minimum Gasteiger partial charge on any atom is -0.313 e. The Bertz CT molecular complexity index is 446. The highest BCUT2D eigenvalue weighted by Gasteiger charge is 2.01. The van der Waals surface area contributed by atoms with E-state index in [0.29, 0.717) is 5.95 Å². The van der Waals surface area contributed by atoms with Crippen molar-refractivity contribution in [3.63, 3.8) is 0 Å². The molecule has 0 radical (unpaired) electrons. The Morgan fingerprint density at radius 3 is 2.56 bits per heavy atom. The largest absolute Gasteiger partial charge is 0.313 e. The summed E-state index contributed by atoms with van der Waals surface area (Å²) >= 11 is 0. The van der Waals surface area contributed by atoms with E-state index < -0.39 is 0 Å². The summed E-state index contributed by atoms with van der Waals surface area (Å²) < 4.78 is 1.67. The third kappa shape index (κ3) is 2.43. The molecule has 0 aliphatic rings. The van der Waals surface area contributed by atoms with Crippen molar-refractivity contribution in [3.05, 3.63) is 35.9 Å². The molecule has 2 aromatic rings. The van der Waals surface area contributed by atoms with Gasteiger partial charge in [0.25, 0.3) is 0 Å². The minimum atomic E-state index is 0.605. The summed E-state index contributed by atoms with van der Waals surface area (Å²) in [5.74, 6) is 0.605. The van der Waals surface area contributed by atoms with Gasteiger partial charge in [-0.3, -0.25) is 0 Å². The molecule has 2 heterocycles. The lowest BCUT2D eigenvalue weighted by molar-refractivity contribution is 0.715. The third-order valence-electron chi connectivity index (χ3n) is 2.19. The highest BCUT2D eigenvalue weighted by molar-refractivity contribution is 5.15. The summed E-state index contributed by atoms with van der Waals surface area (Å²) in [4.78, 5) is 8.53. The number of aryl methyl sites for hydroxylation is 1. The van der Waals surface area contributed by atoms with Crippen LogP contribution in [-0.4, -0.2) is 26.3 Å². The maximum Gasteiger partial charge on any atom is 0.250 e. The molecule has 1 N–H and O–H groups in total. The molecule has 0 aliphatic carbocycles. The fourth-order valence-electron chi connectivity index (χ4n) is 1.35. The zero-order valence-electron chi connectivity index (χ0n) is 9.51. The summed E-state index contributed by atoms with van der Waals surface area (Å²) in [5, 5.41) is 7.38. The Balaban J connectivity index is 2.13. The summed E-state index contributed by atoms with van der Waals surface area (Å²) in [5.41, 5.74) is 2.18. The molecule has 5 nitrogen and oxygen atoms in total. The molecule has 0 amide bonds. The highest BCUT2D eigenvalue weighted by Crippen LogP contribution is 2.02. The monoisotopic (exact) mass is 217 g/mol. The molecule has 0 atom stereocenters. The van der Waals surface area contributed by atoms with Crippen LogP contribution in [0.4, 0.5) is 0 Å². The number of hydrogen-bond acceptors (Lipinski definition) is 4. The average molecular weight is 217 g/mol. The maximum atomic E-state index is 4.26. The first-order valence-electron chi connectivity index (χ1n) is 5.33. The molecule has 0 saturated carbocycles. The van der Waals surface area contributed by atoms with Crippen LogP contribution in [0.15, 0.2) is 24.8 Å². The molecule has 0 fully saturated rings. The van der Waals surface area contributed by atoms with Gasteiger partial charge in [0.1, 0.15) is 0 Å². The SMILES string of the molecule is CCNCc1cnc(-n2cc(C)cn2)nc1. The first-order valence-corrected chi connectivity index (χ1v) is 5.33. The molecule has 16 heavy (non-hydrogen) atoms. The van der Waals surface area contributed by atoms with E-state index in [1.807, 2.05) is 25.5 Å². The van der Waals surface area contributed by atoms with Crippen LogP contribution in [0.1, 0.15) is 18.1 Å². The summed E-state index contributed by atoms with van der Waals surface area (Å²) in [7, 11) is 0. The van der Waals surface area contributed by atoms with Crippen molar-refractivity contribution in [2.24, 2.45) is 0 Å². The maximum absolute atomic E-state index is 4.26. The predicted octanol–water partition coefficient (Wildman–Crippen LogP) is 1.08. The molecule has 0 saturated heterocycles. The Kier molecular flexibility index (Phi) is 3.26. The van der Waals surface area contributed by atoms with Crippen LogP contribution in [0.2, 0.25) is 0 Å². The highest BCUT2D eigenvalue weighted by atomic mass is 15.3. The first kappa shape index (κ1) is 10.8. The first-order chi connectivity index (χ1) is 7.79. The minimum absolute atomic E-state index is 0.605. The van der Waals surface area contributed by atoms with E-state index in [9.17, 15) is 0 Å². The molecule has 0 spiro atoms. The van der Waals surface area contributed by atoms with E-state index in [0.717, 1.165) is 24.2 Å². The topological polar surface area (TPSA) is 55.6 Å². The van der Waals surface area contributed by atoms with E-state index in [1.165, 1.54) is 0 Å². The molecule has 2 aromatic heterocycles. The fraction of sp³-hybridized carbons (Fsp3) is 0.364. The van der Waals surface area contributed by atoms with Gasteiger partial charge in [-0.15, -0.1) is 0 Å². The van der Waals surface area contributed by atoms with Crippen molar-refractivity contribution in [2.75, 3.05) is 6.54 Å². The van der Waals surface area contributed by atoms with Crippen LogP contribution in [-0.2, 0) is 6.54 Å². The number of aromatic nitrogens is 4. The van der Waals surface area contributed by atoms with Crippen LogP contribution in [0.5, 0.6) is 0 Å². The van der Waals surface area contributed by atoms with Gasteiger partial charge in [0, 0.05) is 30.7 Å². The van der Waals surface area contributed by atoms with Gasteiger partial charge in [0.05, 0.1) is 6.20 Å². The van der Waals surface area contributed by atoms with Crippen LogP contribution in [0, 0.1) is 6.92 Å². The third-order valence-corrected chi connectivity index (χ3v) is 2.19. The van der Waals surface area contributed by atoms with Crippen molar-refractivity contribution in [2.45, 2.75) is 20.4 Å². The van der Waals surface area contributed by atoms with E-state index in [2.05, 4.69) is 27.3 Å². The summed E-state index contributed by atoms with van der Waals surface area (Å²) in [6.45, 7) is 5.81. The van der Waals surface area contributed by atoms with Crippen LogP contribution < -0.4 is 5.32 Å². The predicted molar refractivity (Wildman–Crippen MR) is 61.3 cm³/mol. The van der Waals surface area contributed by atoms with Crippen molar-refractivity contribution in [1.82, 2.24) is 25.1 Å². The van der Waals surface area contributed by atoms with E-state index >= 15 is 0 Å². The molecular formula is C11H15N5. The number of nitrogens with zero attached hydrogens (tertiary/aromatic N) is 4. The van der Waals surface area contributed by atoms with E-state index in [4.69, 9.17) is 0 Å². The molecule has 0 bridgehead atoms. The molecule has 0 aliphatic heterocycles. The van der Waals surface area contributed by atoms with Gasteiger partial charge in [0.15, 0.2) is 0 Å². The van der Waals surface area contributed by atoms with Crippen molar-refractivity contribution < 1.29 is 0 Å². The van der Waals surface area contributed by atoms with Crippen molar-refractivity contribution >= 4 is 0 Å². The second-order valence-electron chi connectivity index (χ2n) is 3.63. The van der Waals surface area contributed by atoms with Gasteiger partial charge in [-0.1, -0.05) is 6.92 Å². The normalized spacial score (nSPS) is 10.6. The van der Waals surface area contributed by atoms with Gasteiger partial charge in [-0.05, 0) is 19.0 Å². The number of nitrogens with one attached hydrogen (secondary N) is 1. The zero-order chi connectivity index (χ0) is 11.4. The zero-order valence-corrected chi connectivity index (χ0v) is 9.51. The van der Waals surface area contributed by atoms with E-state index in [1.54, 1.807) is 10.9 Å². The van der Waals surface area contributed by atoms with Crippen LogP contribution in [0.3, 0.4) is 0 Å². The van der Waals surface area contributed by atoms with Crippen molar-refractivity contribution in [1.29, 1.82) is 0 Å². The van der Waals surface area contributed by atoms with Crippen molar-refractivity contribution in [3.8, 4) is 5.95 Å². The van der Waals surface area contributed by atoms with Gasteiger partial charge in [0.2, 0.25) is 5.95 Å². The van der Waals surface area contributed by atoms with E-state index in [-0.39, 0.29) is 0 Å². The van der Waals surface area contributed by atoms with Gasteiger partial charge < -0.3 is 5.32 Å². The Morgan fingerprint density at radius 1 is 1.25 bits per heavy atom. The number of hydrogen-bond donors (Lipinski definition) is 1. The lowest BCUT2D eigenvalue weighted by Crippen LogP contribution is -2.12. The standard InChI is InChI=1S/C11H15N5/c1-3-12-5-10-6-13-11(14-7-10)16-8-9(2)4-15-16/h4,6-8,12H,3,5H2,1-2H3. The Labute approximate surface area is 94.5 Å². The molecule has 84 valence electrons. The lowest BCUT2D eigenvalue weighted by atomic mass is 10.3. The second kappa shape index (κ2) is 4.85. The Morgan fingerprint density at radius 2 is 2.00 bits per heavy atom. The van der Waals surface area contributed by atoms with Gasteiger partial charge in [-0.25, -0.2) is 14.6 Å². The molecule has 0 aromatic carbocycles. The summed E-state index contributed by atoms with van der Waals surface area (Å²) in [6.07, 6.45) is 7.33. The molecule has 2 rings (SSSR count). The molecular weight excluding hydrogens is 202 g/mol. The Hall–Kier alpha value is -1.75. The second-order valence-corrected chi connectivity index (χ2v) is 3.63. The van der Waals surface area contributed by atoms with Crippen LogP contribution >= 0.6 is 0 Å².